The van der Waals surface area contributed by atoms with Crippen molar-refractivity contribution in [2.45, 2.75) is 63.6 Å². The first-order chi connectivity index (χ1) is 10.4. The molecule has 2 unspecified atom stereocenters. The number of nitrogens with zero attached hydrogens (tertiary/aromatic N) is 1. The van der Waals surface area contributed by atoms with Crippen molar-refractivity contribution in [1.29, 1.82) is 0 Å². The predicted molar refractivity (Wildman–Crippen MR) is 88.0 cm³/mol. The monoisotopic (exact) mass is 279 g/mol. The van der Waals surface area contributed by atoms with Crippen molar-refractivity contribution >= 4 is 0 Å². The zero-order chi connectivity index (χ0) is 14.1. The summed E-state index contributed by atoms with van der Waals surface area (Å²) in [4.78, 5) is 2.76. The zero-order valence-electron chi connectivity index (χ0n) is 12.8. The van der Waals surface area contributed by atoms with Gasteiger partial charge in [-0.15, -0.1) is 0 Å². The van der Waals surface area contributed by atoms with Crippen LogP contribution in [0.4, 0.5) is 0 Å². The molecule has 0 N–H and O–H groups in total. The molecule has 0 spiro atoms. The van der Waals surface area contributed by atoms with Gasteiger partial charge in [0.1, 0.15) is 0 Å². The van der Waals surface area contributed by atoms with Gasteiger partial charge in [-0.05, 0) is 55.2 Å². The van der Waals surface area contributed by atoms with E-state index in [0.29, 0.717) is 6.04 Å². The van der Waals surface area contributed by atoms with Crippen molar-refractivity contribution in [3.8, 4) is 0 Å². The summed E-state index contributed by atoms with van der Waals surface area (Å²) in [5.41, 5.74) is 4.82. The van der Waals surface area contributed by atoms with E-state index in [9.17, 15) is 0 Å². The lowest BCUT2D eigenvalue weighted by atomic mass is 9.82. The molecule has 2 bridgehead atoms. The maximum atomic E-state index is 2.76. The molecule has 3 aliphatic rings. The Morgan fingerprint density at radius 1 is 1.00 bits per heavy atom. The Morgan fingerprint density at radius 2 is 1.90 bits per heavy atom. The highest BCUT2D eigenvalue weighted by Gasteiger charge is 2.34. The molecule has 2 heterocycles. The van der Waals surface area contributed by atoms with Crippen molar-refractivity contribution < 1.29 is 0 Å². The molecule has 0 saturated carbocycles. The quantitative estimate of drug-likeness (QED) is 0.764. The molecule has 21 heavy (non-hydrogen) atoms. The molecular weight excluding hydrogens is 254 g/mol. The third-order valence-corrected chi connectivity index (χ3v) is 5.44. The van der Waals surface area contributed by atoms with Gasteiger partial charge in [-0.2, -0.15) is 0 Å². The van der Waals surface area contributed by atoms with Crippen molar-refractivity contribution in [3.05, 3.63) is 59.2 Å². The molecule has 110 valence electrons. The first-order valence-corrected chi connectivity index (χ1v) is 8.60. The summed E-state index contributed by atoms with van der Waals surface area (Å²) in [6.07, 6.45) is 14.5. The Hall–Kier alpha value is -1.34. The topological polar surface area (TPSA) is 3.24 Å². The normalized spacial score (nSPS) is 29.1. The van der Waals surface area contributed by atoms with Crippen LogP contribution in [-0.4, -0.2) is 17.0 Å². The molecule has 1 nitrogen and oxygen atoms in total. The maximum absolute atomic E-state index is 2.76. The number of hydrogen-bond donors (Lipinski definition) is 0. The van der Waals surface area contributed by atoms with Crippen LogP contribution in [0.25, 0.3) is 0 Å². The summed E-state index contributed by atoms with van der Waals surface area (Å²) in [6, 6.07) is 12.4. The number of benzene rings is 1. The molecule has 0 radical (unpaired) electrons. The van der Waals surface area contributed by atoms with E-state index in [1.54, 1.807) is 11.1 Å². The predicted octanol–water partition coefficient (Wildman–Crippen LogP) is 4.85. The van der Waals surface area contributed by atoms with E-state index in [1.807, 2.05) is 0 Å². The summed E-state index contributed by atoms with van der Waals surface area (Å²) in [5.74, 6) is 0. The van der Waals surface area contributed by atoms with Gasteiger partial charge in [0, 0.05) is 18.6 Å². The lowest BCUT2D eigenvalue weighted by Gasteiger charge is -2.45. The van der Waals surface area contributed by atoms with Gasteiger partial charge >= 0.3 is 0 Å². The second-order valence-electron chi connectivity index (χ2n) is 6.83. The van der Waals surface area contributed by atoms with Gasteiger partial charge in [0.15, 0.2) is 0 Å². The molecule has 1 aromatic rings. The van der Waals surface area contributed by atoms with Crippen molar-refractivity contribution in [2.24, 2.45) is 0 Å². The van der Waals surface area contributed by atoms with E-state index in [1.165, 1.54) is 50.5 Å². The number of fused-ring (bicyclic) bond motifs is 2. The molecule has 1 saturated heterocycles. The minimum Gasteiger partial charge on any atom is -0.289 e. The third kappa shape index (κ3) is 2.72. The molecule has 2 aliphatic heterocycles. The summed E-state index contributed by atoms with van der Waals surface area (Å²) >= 11 is 0. The van der Waals surface area contributed by atoms with E-state index >= 15 is 0 Å². The molecule has 1 fully saturated rings. The summed E-state index contributed by atoms with van der Waals surface area (Å²) < 4.78 is 0. The standard InChI is InChI=1S/C20H25N/c1-2-7-16(8-3-1)15-21-19-11-6-12-20(21)14-18(13-19)17-9-4-5-10-17/h1-3,7-9,13,19-20H,4-6,10-12,14-15H2. The van der Waals surface area contributed by atoms with Crippen LogP contribution in [0, 0.1) is 0 Å². The van der Waals surface area contributed by atoms with Gasteiger partial charge in [-0.3, -0.25) is 4.90 Å². The highest BCUT2D eigenvalue weighted by Crippen LogP contribution is 2.39. The summed E-state index contributed by atoms with van der Waals surface area (Å²) in [7, 11) is 0. The minimum atomic E-state index is 0.675. The van der Waals surface area contributed by atoms with Crippen molar-refractivity contribution in [1.82, 2.24) is 4.90 Å². The SMILES string of the molecule is C1=C(C2=CC3CCCC(C2)N3Cc2ccccc2)CCC1. The fourth-order valence-electron chi connectivity index (χ4n) is 4.36. The Kier molecular flexibility index (Phi) is 3.69. The first kappa shape index (κ1) is 13.3. The number of piperidine rings is 1. The number of hydrogen-bond acceptors (Lipinski definition) is 1. The molecule has 4 rings (SSSR count). The molecule has 2 atom stereocenters. The highest BCUT2D eigenvalue weighted by molar-refractivity contribution is 5.37. The Balaban J connectivity index is 1.56. The van der Waals surface area contributed by atoms with Crippen molar-refractivity contribution in [2.75, 3.05) is 0 Å². The average Bonchev–Trinajstić information content (AvgIpc) is 3.02. The van der Waals surface area contributed by atoms with Gasteiger partial charge in [-0.25, -0.2) is 0 Å². The van der Waals surface area contributed by atoms with E-state index in [2.05, 4.69) is 47.4 Å². The molecule has 1 aliphatic carbocycles. The highest BCUT2D eigenvalue weighted by atomic mass is 15.2. The Bertz CT molecular complexity index is 554. The van der Waals surface area contributed by atoms with E-state index in [0.717, 1.165) is 12.6 Å². The van der Waals surface area contributed by atoms with Gasteiger partial charge in [0.05, 0.1) is 0 Å². The van der Waals surface area contributed by atoms with Gasteiger partial charge in [-0.1, -0.05) is 48.9 Å². The van der Waals surface area contributed by atoms with E-state index in [4.69, 9.17) is 0 Å². The lowest BCUT2D eigenvalue weighted by Crippen LogP contribution is -2.48. The van der Waals surface area contributed by atoms with Crippen LogP contribution in [0.3, 0.4) is 0 Å². The van der Waals surface area contributed by atoms with Crippen LogP contribution in [0.2, 0.25) is 0 Å². The van der Waals surface area contributed by atoms with Crippen molar-refractivity contribution in [3.63, 3.8) is 0 Å². The Morgan fingerprint density at radius 3 is 2.67 bits per heavy atom. The number of rotatable bonds is 3. The molecule has 1 heteroatoms. The zero-order valence-corrected chi connectivity index (χ0v) is 12.8. The van der Waals surface area contributed by atoms with E-state index < -0.39 is 0 Å². The number of allylic oxidation sites excluding steroid dienone is 2. The second kappa shape index (κ2) is 5.81. The van der Waals surface area contributed by atoms with E-state index in [-0.39, 0.29) is 0 Å². The van der Waals surface area contributed by atoms with Crippen LogP contribution in [0.1, 0.15) is 50.5 Å². The van der Waals surface area contributed by atoms with Crippen LogP contribution >= 0.6 is 0 Å². The fourth-order valence-corrected chi connectivity index (χ4v) is 4.36. The van der Waals surface area contributed by atoms with Gasteiger partial charge in [0.2, 0.25) is 0 Å². The fraction of sp³-hybridized carbons (Fsp3) is 0.500. The smallest absolute Gasteiger partial charge is 0.0290 e. The maximum Gasteiger partial charge on any atom is 0.0290 e. The molecule has 0 amide bonds. The second-order valence-corrected chi connectivity index (χ2v) is 6.83. The Labute approximate surface area is 128 Å². The minimum absolute atomic E-state index is 0.675. The van der Waals surface area contributed by atoms with Crippen LogP contribution in [0.5, 0.6) is 0 Å². The largest absolute Gasteiger partial charge is 0.289 e. The first-order valence-electron chi connectivity index (χ1n) is 8.60. The summed E-state index contributed by atoms with van der Waals surface area (Å²) in [5, 5.41) is 0. The van der Waals surface area contributed by atoms with Gasteiger partial charge < -0.3 is 0 Å². The average molecular weight is 279 g/mol. The summed E-state index contributed by atoms with van der Waals surface area (Å²) in [6.45, 7) is 1.12. The van der Waals surface area contributed by atoms with Gasteiger partial charge in [0.25, 0.3) is 0 Å². The molecular formula is C20H25N. The van der Waals surface area contributed by atoms with Crippen LogP contribution in [-0.2, 0) is 6.54 Å². The van der Waals surface area contributed by atoms with Crippen LogP contribution in [0.15, 0.2) is 53.6 Å². The molecule has 0 aromatic heterocycles. The third-order valence-electron chi connectivity index (χ3n) is 5.44. The molecule has 1 aromatic carbocycles. The van der Waals surface area contributed by atoms with Crippen LogP contribution < -0.4 is 0 Å². The lowest BCUT2D eigenvalue weighted by molar-refractivity contribution is 0.0893.